The predicted molar refractivity (Wildman–Crippen MR) is 154 cm³/mol. The monoisotopic (exact) mass is 504 g/mol. The van der Waals surface area contributed by atoms with Gasteiger partial charge >= 0.3 is 0 Å². The third-order valence-electron chi connectivity index (χ3n) is 6.25. The van der Waals surface area contributed by atoms with E-state index in [4.69, 9.17) is 15.0 Å². The van der Waals surface area contributed by atoms with E-state index < -0.39 is 0 Å². The summed E-state index contributed by atoms with van der Waals surface area (Å²) >= 11 is 0. The summed E-state index contributed by atoms with van der Waals surface area (Å²) in [6.07, 6.45) is 12.5. The summed E-state index contributed by atoms with van der Waals surface area (Å²) in [6, 6.07) is 11.7. The van der Waals surface area contributed by atoms with E-state index in [2.05, 4.69) is 47.5 Å². The topological polar surface area (TPSA) is 74.2 Å². The molecule has 0 saturated carbocycles. The molecule has 0 saturated heterocycles. The summed E-state index contributed by atoms with van der Waals surface area (Å²) in [5.74, 6) is 3.47. The quantitative estimate of drug-likeness (QED) is 0.196. The van der Waals surface area contributed by atoms with Crippen molar-refractivity contribution in [1.29, 1.82) is 0 Å². The predicted octanol–water partition coefficient (Wildman–Crippen LogP) is 6.94. The van der Waals surface area contributed by atoms with Gasteiger partial charge in [-0.25, -0.2) is 14.9 Å². The molecule has 8 nitrogen and oxygen atoms in total. The minimum Gasteiger partial charge on any atom is -0.341 e. The molecule has 0 amide bonds. The molecule has 3 aromatic heterocycles. The van der Waals surface area contributed by atoms with Crippen LogP contribution in [0.5, 0.6) is 0 Å². The second-order valence-corrected chi connectivity index (χ2v) is 9.34. The van der Waals surface area contributed by atoms with Crippen molar-refractivity contribution in [2.24, 2.45) is 0 Å². The molecule has 200 valence electrons. The highest BCUT2D eigenvalue weighted by molar-refractivity contribution is 5.68. The van der Waals surface area contributed by atoms with Gasteiger partial charge in [0.1, 0.15) is 11.6 Å². The van der Waals surface area contributed by atoms with E-state index in [-0.39, 0.29) is 0 Å². The van der Waals surface area contributed by atoms with Gasteiger partial charge < -0.3 is 9.80 Å². The number of hydrogen-bond acceptors (Lipinski definition) is 8. The average Bonchev–Trinajstić information content (AvgIpc) is 2.94. The van der Waals surface area contributed by atoms with Crippen molar-refractivity contribution in [3.63, 3.8) is 0 Å². The first-order chi connectivity index (χ1) is 18.2. The fourth-order valence-electron chi connectivity index (χ4n) is 4.04. The van der Waals surface area contributed by atoms with E-state index in [1.807, 2.05) is 41.3 Å². The van der Waals surface area contributed by atoms with Crippen LogP contribution in [0.25, 0.3) is 0 Å². The van der Waals surface area contributed by atoms with Crippen LogP contribution in [-0.2, 0) is 0 Å². The van der Waals surface area contributed by atoms with Crippen molar-refractivity contribution in [1.82, 2.24) is 24.9 Å². The van der Waals surface area contributed by atoms with E-state index in [1.54, 1.807) is 12.4 Å². The van der Waals surface area contributed by atoms with Crippen molar-refractivity contribution in [2.45, 2.75) is 79.1 Å². The van der Waals surface area contributed by atoms with Crippen LogP contribution < -0.4 is 14.7 Å². The lowest BCUT2D eigenvalue weighted by Gasteiger charge is -2.28. The van der Waals surface area contributed by atoms with Gasteiger partial charge in [-0.2, -0.15) is 15.0 Å². The molecule has 0 bridgehead atoms. The number of anilines is 5. The molecule has 3 heterocycles. The van der Waals surface area contributed by atoms with Gasteiger partial charge in [-0.3, -0.25) is 0 Å². The van der Waals surface area contributed by atoms with Crippen LogP contribution in [0.15, 0.2) is 48.8 Å². The van der Waals surface area contributed by atoms with Crippen LogP contribution in [0, 0.1) is 0 Å². The second kappa shape index (κ2) is 15.7. The number of hydrogen-bond donors (Lipinski definition) is 0. The molecule has 0 aliphatic carbocycles. The fourth-order valence-corrected chi connectivity index (χ4v) is 4.04. The van der Waals surface area contributed by atoms with Gasteiger partial charge in [0.15, 0.2) is 0 Å². The molecule has 0 unspecified atom stereocenters. The second-order valence-electron chi connectivity index (χ2n) is 9.34. The first-order valence-electron chi connectivity index (χ1n) is 14.1. The Bertz CT molecular complexity index is 921. The number of pyridine rings is 2. The first-order valence-corrected chi connectivity index (χ1v) is 14.1. The van der Waals surface area contributed by atoms with Crippen LogP contribution in [-0.4, -0.2) is 51.1 Å². The third-order valence-corrected chi connectivity index (χ3v) is 6.25. The van der Waals surface area contributed by atoms with E-state index >= 15 is 0 Å². The van der Waals surface area contributed by atoms with Crippen molar-refractivity contribution in [3.05, 3.63) is 48.8 Å². The summed E-state index contributed by atoms with van der Waals surface area (Å²) in [5, 5.41) is 0. The Morgan fingerprint density at radius 3 is 1.22 bits per heavy atom. The molecular weight excluding hydrogens is 460 g/mol. The zero-order chi connectivity index (χ0) is 26.3. The first kappa shape index (κ1) is 28.3. The zero-order valence-electron chi connectivity index (χ0n) is 23.2. The molecule has 37 heavy (non-hydrogen) atoms. The smallest absolute Gasteiger partial charge is 0.243 e. The van der Waals surface area contributed by atoms with Crippen LogP contribution in [0.4, 0.5) is 29.5 Å². The SMILES string of the molecule is CCCCN(CCCC)c1nc(N(CCCC)CCCC)nc(N(c2ccccn2)c2ccccn2)n1. The lowest BCUT2D eigenvalue weighted by Crippen LogP contribution is -2.32. The average molecular weight is 505 g/mol. The van der Waals surface area contributed by atoms with Crippen LogP contribution >= 0.6 is 0 Å². The van der Waals surface area contributed by atoms with E-state index in [0.29, 0.717) is 5.95 Å². The molecule has 8 heteroatoms. The van der Waals surface area contributed by atoms with Gasteiger partial charge in [-0.15, -0.1) is 0 Å². The number of rotatable bonds is 17. The van der Waals surface area contributed by atoms with Gasteiger partial charge in [0.05, 0.1) is 0 Å². The molecule has 0 atom stereocenters. The molecule has 0 fully saturated rings. The minimum absolute atomic E-state index is 0.549. The molecule has 0 aliphatic heterocycles. The van der Waals surface area contributed by atoms with Gasteiger partial charge in [0, 0.05) is 38.6 Å². The number of nitrogens with zero attached hydrogens (tertiary/aromatic N) is 8. The maximum absolute atomic E-state index is 5.08. The molecule has 3 aromatic rings. The molecule has 0 aromatic carbocycles. The summed E-state index contributed by atoms with van der Waals surface area (Å²) in [4.78, 5) is 31.1. The highest BCUT2D eigenvalue weighted by Gasteiger charge is 2.23. The Morgan fingerprint density at radius 1 is 0.514 bits per heavy atom. The van der Waals surface area contributed by atoms with Crippen molar-refractivity contribution < 1.29 is 0 Å². The van der Waals surface area contributed by atoms with Gasteiger partial charge in [-0.1, -0.05) is 65.5 Å². The Hall–Kier alpha value is -3.29. The Labute approximate surface area is 223 Å². The molecular formula is C29H44N8. The summed E-state index contributed by atoms with van der Waals surface area (Å²) in [5.41, 5.74) is 0. The maximum Gasteiger partial charge on any atom is 0.243 e. The largest absolute Gasteiger partial charge is 0.341 e. The normalized spacial score (nSPS) is 10.9. The molecule has 0 radical (unpaired) electrons. The molecule has 3 rings (SSSR count). The van der Waals surface area contributed by atoms with Crippen LogP contribution in [0.3, 0.4) is 0 Å². The van der Waals surface area contributed by atoms with E-state index in [0.717, 1.165) is 101 Å². The Balaban J connectivity index is 2.17. The lowest BCUT2D eigenvalue weighted by molar-refractivity contribution is 0.644. The molecule has 0 aliphatic rings. The van der Waals surface area contributed by atoms with Crippen molar-refractivity contribution in [2.75, 3.05) is 40.9 Å². The zero-order valence-corrected chi connectivity index (χ0v) is 23.2. The molecule has 0 spiro atoms. The summed E-state index contributed by atoms with van der Waals surface area (Å²) in [7, 11) is 0. The lowest BCUT2D eigenvalue weighted by atomic mass is 10.2. The maximum atomic E-state index is 5.08. The van der Waals surface area contributed by atoms with Gasteiger partial charge in [-0.05, 0) is 49.9 Å². The van der Waals surface area contributed by atoms with Crippen LogP contribution in [0.2, 0.25) is 0 Å². The highest BCUT2D eigenvalue weighted by Crippen LogP contribution is 2.31. The summed E-state index contributed by atoms with van der Waals surface area (Å²) < 4.78 is 0. The summed E-state index contributed by atoms with van der Waals surface area (Å²) in [6.45, 7) is 12.6. The Morgan fingerprint density at radius 2 is 0.892 bits per heavy atom. The highest BCUT2D eigenvalue weighted by atomic mass is 15.4. The van der Waals surface area contributed by atoms with Crippen molar-refractivity contribution >= 4 is 29.5 Å². The number of unbranched alkanes of at least 4 members (excludes halogenated alkanes) is 4. The third kappa shape index (κ3) is 8.37. The van der Waals surface area contributed by atoms with E-state index in [1.165, 1.54) is 0 Å². The van der Waals surface area contributed by atoms with Gasteiger partial charge in [0.25, 0.3) is 0 Å². The molecule has 0 N–H and O–H groups in total. The fraction of sp³-hybridized carbons (Fsp3) is 0.552. The van der Waals surface area contributed by atoms with Gasteiger partial charge in [0.2, 0.25) is 17.8 Å². The minimum atomic E-state index is 0.549. The van der Waals surface area contributed by atoms with E-state index in [9.17, 15) is 0 Å². The van der Waals surface area contributed by atoms with Crippen LogP contribution in [0.1, 0.15) is 79.1 Å². The number of aromatic nitrogens is 5. The Kier molecular flexibility index (Phi) is 12.0. The standard InChI is InChI=1S/C29H44N8/c1-5-9-21-35(22-10-6-2)27-32-28(36(23-11-7-3)24-12-8-4)34-29(33-27)37(25-17-13-15-19-30-25)26-18-14-16-20-31-26/h13-20H,5-12,21-24H2,1-4H3. The van der Waals surface area contributed by atoms with Crippen molar-refractivity contribution in [3.8, 4) is 0 Å².